The average Bonchev–Trinajstić information content (AvgIpc) is 2.71. The third-order valence-corrected chi connectivity index (χ3v) is 4.09. The number of allylic oxidation sites excluding steroid dienone is 1. The molecule has 2 aliphatic carbocycles. The SMILES string of the molecule is CC(C)[C]1C=Cc2cc3c(cc21)CC(C)(C)C3. The summed E-state index contributed by atoms with van der Waals surface area (Å²) in [6, 6.07) is 4.88. The van der Waals surface area contributed by atoms with E-state index in [2.05, 4.69) is 52.0 Å². The van der Waals surface area contributed by atoms with Gasteiger partial charge in [0.15, 0.2) is 0 Å². The van der Waals surface area contributed by atoms with Gasteiger partial charge in [-0.25, -0.2) is 0 Å². The summed E-state index contributed by atoms with van der Waals surface area (Å²) in [6.07, 6.45) is 7.06. The van der Waals surface area contributed by atoms with Gasteiger partial charge in [-0.3, -0.25) is 0 Å². The maximum atomic E-state index is 2.45. The van der Waals surface area contributed by atoms with E-state index in [9.17, 15) is 0 Å². The van der Waals surface area contributed by atoms with Crippen molar-refractivity contribution in [2.45, 2.75) is 40.5 Å². The summed E-state index contributed by atoms with van der Waals surface area (Å²) in [5, 5.41) is 0. The van der Waals surface area contributed by atoms with Crippen LogP contribution < -0.4 is 0 Å². The summed E-state index contributed by atoms with van der Waals surface area (Å²) >= 11 is 0. The van der Waals surface area contributed by atoms with Gasteiger partial charge in [-0.2, -0.15) is 0 Å². The van der Waals surface area contributed by atoms with Crippen LogP contribution >= 0.6 is 0 Å². The van der Waals surface area contributed by atoms with Gasteiger partial charge in [0.05, 0.1) is 0 Å². The second-order valence-electron chi connectivity index (χ2n) is 6.67. The lowest BCUT2D eigenvalue weighted by molar-refractivity contribution is 0.392. The van der Waals surface area contributed by atoms with E-state index >= 15 is 0 Å². The molecule has 3 rings (SSSR count). The molecular formula is C17H21. The van der Waals surface area contributed by atoms with Gasteiger partial charge in [-0.05, 0) is 46.4 Å². The van der Waals surface area contributed by atoms with Crippen LogP contribution in [0.4, 0.5) is 0 Å². The van der Waals surface area contributed by atoms with E-state index in [1.165, 1.54) is 29.9 Å². The minimum Gasteiger partial charge on any atom is -0.0719 e. The molecule has 0 heteroatoms. The van der Waals surface area contributed by atoms with Gasteiger partial charge in [0, 0.05) is 5.92 Å². The molecule has 0 spiro atoms. The lowest BCUT2D eigenvalue weighted by Crippen LogP contribution is -2.09. The zero-order valence-electron chi connectivity index (χ0n) is 11.3. The number of hydrogen-bond donors (Lipinski definition) is 0. The molecule has 89 valence electrons. The highest BCUT2D eigenvalue weighted by molar-refractivity contribution is 5.71. The molecule has 1 aromatic rings. The highest BCUT2D eigenvalue weighted by atomic mass is 14.4. The van der Waals surface area contributed by atoms with E-state index < -0.39 is 0 Å². The van der Waals surface area contributed by atoms with Crippen LogP contribution in [0.2, 0.25) is 0 Å². The molecule has 0 saturated heterocycles. The number of benzene rings is 1. The molecule has 0 saturated carbocycles. The third-order valence-electron chi connectivity index (χ3n) is 4.09. The van der Waals surface area contributed by atoms with Crippen molar-refractivity contribution in [3.8, 4) is 0 Å². The van der Waals surface area contributed by atoms with Crippen molar-refractivity contribution in [2.75, 3.05) is 0 Å². The Hall–Kier alpha value is -1.04. The first-order valence-electron chi connectivity index (χ1n) is 6.67. The molecule has 0 nitrogen and oxygen atoms in total. The standard InChI is InChI=1S/C17H21/c1-11(2)15-6-5-12-7-13-9-17(3,4)10-14(13)8-16(12)15/h5-8,11H,9-10H2,1-4H3. The van der Waals surface area contributed by atoms with Crippen LogP contribution in [0.3, 0.4) is 0 Å². The van der Waals surface area contributed by atoms with Crippen molar-refractivity contribution in [1.29, 1.82) is 0 Å². The Morgan fingerprint density at radius 1 is 1.00 bits per heavy atom. The fraction of sp³-hybridized carbons (Fsp3) is 0.471. The summed E-state index contributed by atoms with van der Waals surface area (Å²) in [5.41, 5.74) is 6.53. The summed E-state index contributed by atoms with van der Waals surface area (Å²) in [7, 11) is 0. The molecule has 0 amide bonds. The van der Waals surface area contributed by atoms with E-state index in [-0.39, 0.29) is 0 Å². The highest BCUT2D eigenvalue weighted by Gasteiger charge is 2.31. The van der Waals surface area contributed by atoms with E-state index in [0.29, 0.717) is 11.3 Å². The van der Waals surface area contributed by atoms with Crippen molar-refractivity contribution in [2.24, 2.45) is 11.3 Å². The summed E-state index contributed by atoms with van der Waals surface area (Å²) in [4.78, 5) is 0. The zero-order chi connectivity index (χ0) is 12.2. The normalized spacial score (nSPS) is 21.0. The van der Waals surface area contributed by atoms with Crippen LogP contribution in [-0.2, 0) is 12.8 Å². The van der Waals surface area contributed by atoms with Gasteiger partial charge in [-0.15, -0.1) is 0 Å². The molecule has 2 aliphatic rings. The van der Waals surface area contributed by atoms with E-state index in [0.717, 1.165) is 0 Å². The molecule has 0 atom stereocenters. The van der Waals surface area contributed by atoms with Crippen LogP contribution in [0.1, 0.15) is 49.9 Å². The second kappa shape index (κ2) is 3.48. The van der Waals surface area contributed by atoms with Gasteiger partial charge in [0.2, 0.25) is 0 Å². The smallest absolute Gasteiger partial charge is 0.0298 e. The average molecular weight is 225 g/mol. The minimum atomic E-state index is 0.457. The first-order chi connectivity index (χ1) is 7.96. The second-order valence-corrected chi connectivity index (χ2v) is 6.67. The van der Waals surface area contributed by atoms with Crippen LogP contribution in [0.15, 0.2) is 18.2 Å². The highest BCUT2D eigenvalue weighted by Crippen LogP contribution is 2.42. The van der Waals surface area contributed by atoms with Crippen LogP contribution in [0.5, 0.6) is 0 Å². The van der Waals surface area contributed by atoms with Crippen molar-refractivity contribution in [3.05, 3.63) is 46.4 Å². The zero-order valence-corrected chi connectivity index (χ0v) is 11.3. The Labute approximate surface area is 105 Å². The molecule has 0 unspecified atom stereocenters. The van der Waals surface area contributed by atoms with Crippen molar-refractivity contribution >= 4 is 6.08 Å². The Bertz CT molecular complexity index is 489. The van der Waals surface area contributed by atoms with E-state index in [1.807, 2.05) is 0 Å². The van der Waals surface area contributed by atoms with Gasteiger partial charge < -0.3 is 0 Å². The monoisotopic (exact) mass is 225 g/mol. The predicted molar refractivity (Wildman–Crippen MR) is 73.8 cm³/mol. The fourth-order valence-electron chi connectivity index (χ4n) is 3.29. The number of fused-ring (bicyclic) bond motifs is 2. The molecule has 0 aliphatic heterocycles. The molecule has 1 radical (unpaired) electrons. The third kappa shape index (κ3) is 1.74. The van der Waals surface area contributed by atoms with Gasteiger partial charge in [0.25, 0.3) is 0 Å². The summed E-state index contributed by atoms with van der Waals surface area (Å²) < 4.78 is 0. The van der Waals surface area contributed by atoms with E-state index in [4.69, 9.17) is 0 Å². The summed E-state index contributed by atoms with van der Waals surface area (Å²) in [6.45, 7) is 9.32. The minimum absolute atomic E-state index is 0.457. The van der Waals surface area contributed by atoms with Crippen LogP contribution in [0, 0.1) is 17.3 Å². The quantitative estimate of drug-likeness (QED) is 0.664. The van der Waals surface area contributed by atoms with Crippen molar-refractivity contribution in [3.63, 3.8) is 0 Å². The Balaban J connectivity index is 2.05. The molecule has 1 aromatic carbocycles. The molecule has 0 heterocycles. The lowest BCUT2D eigenvalue weighted by Gasteiger charge is -2.15. The molecular weight excluding hydrogens is 204 g/mol. The topological polar surface area (TPSA) is 0 Å². The largest absolute Gasteiger partial charge is 0.0719 e. The fourth-order valence-corrected chi connectivity index (χ4v) is 3.29. The Morgan fingerprint density at radius 2 is 1.65 bits per heavy atom. The van der Waals surface area contributed by atoms with Gasteiger partial charge in [0.1, 0.15) is 0 Å². The van der Waals surface area contributed by atoms with Crippen LogP contribution in [-0.4, -0.2) is 0 Å². The lowest BCUT2D eigenvalue weighted by atomic mass is 9.88. The molecule has 0 fully saturated rings. The van der Waals surface area contributed by atoms with E-state index in [1.54, 1.807) is 11.1 Å². The maximum Gasteiger partial charge on any atom is 0.0298 e. The van der Waals surface area contributed by atoms with Gasteiger partial charge >= 0.3 is 0 Å². The number of hydrogen-bond acceptors (Lipinski definition) is 0. The van der Waals surface area contributed by atoms with Gasteiger partial charge in [-0.1, -0.05) is 52.0 Å². The summed E-state index contributed by atoms with van der Waals surface area (Å²) in [5.74, 6) is 2.13. The first kappa shape index (κ1) is 11.1. The molecule has 0 aromatic heterocycles. The van der Waals surface area contributed by atoms with Crippen LogP contribution in [0.25, 0.3) is 6.08 Å². The van der Waals surface area contributed by atoms with Crippen molar-refractivity contribution < 1.29 is 0 Å². The number of rotatable bonds is 1. The molecule has 0 N–H and O–H groups in total. The molecule has 0 bridgehead atoms. The Morgan fingerprint density at radius 3 is 2.29 bits per heavy atom. The van der Waals surface area contributed by atoms with Crippen molar-refractivity contribution in [1.82, 2.24) is 0 Å². The predicted octanol–water partition coefficient (Wildman–Crippen LogP) is 4.42. The molecule has 17 heavy (non-hydrogen) atoms. The Kier molecular flexibility index (Phi) is 2.26. The first-order valence-corrected chi connectivity index (χ1v) is 6.67. The maximum absolute atomic E-state index is 2.45.